The molecule has 0 aliphatic carbocycles. The van der Waals surface area contributed by atoms with E-state index >= 15 is 0 Å². The molecule has 0 spiro atoms. The van der Waals surface area contributed by atoms with Gasteiger partial charge in [0.1, 0.15) is 0 Å². The molecule has 16 heavy (non-hydrogen) atoms. The Morgan fingerprint density at radius 1 is 1.25 bits per heavy atom. The quantitative estimate of drug-likeness (QED) is 0.549. The highest BCUT2D eigenvalue weighted by Gasteiger charge is 2.02. The number of aliphatic hydroxyl groups excluding tert-OH is 1. The van der Waals surface area contributed by atoms with Gasteiger partial charge in [0, 0.05) is 13.2 Å². The van der Waals surface area contributed by atoms with Crippen molar-refractivity contribution in [1.82, 2.24) is 5.32 Å². The van der Waals surface area contributed by atoms with Crippen LogP contribution in [0.15, 0.2) is 18.2 Å². The van der Waals surface area contributed by atoms with Crippen molar-refractivity contribution >= 4 is 0 Å². The molecule has 0 heterocycles. The Morgan fingerprint density at radius 2 is 2.00 bits per heavy atom. The van der Waals surface area contributed by atoms with Crippen molar-refractivity contribution in [2.24, 2.45) is 5.92 Å². The molecule has 1 rings (SSSR count). The van der Waals surface area contributed by atoms with E-state index in [0.29, 0.717) is 12.5 Å². The number of nitrogens with one attached hydrogen (secondary N) is 1. The number of hydrogen-bond donors (Lipinski definition) is 4. The zero-order valence-electron chi connectivity index (χ0n) is 9.48. The van der Waals surface area contributed by atoms with Gasteiger partial charge in [0.25, 0.3) is 0 Å². The molecular formula is C12H19NO3. The first kappa shape index (κ1) is 12.8. The molecule has 4 heteroatoms. The molecule has 90 valence electrons. The number of rotatable bonds is 6. The van der Waals surface area contributed by atoms with E-state index in [1.165, 1.54) is 6.07 Å². The van der Waals surface area contributed by atoms with Crippen LogP contribution < -0.4 is 5.32 Å². The number of aromatic hydroxyl groups is 2. The molecule has 1 aromatic rings. The zero-order valence-corrected chi connectivity index (χ0v) is 9.48. The van der Waals surface area contributed by atoms with Crippen molar-refractivity contribution < 1.29 is 15.3 Å². The second kappa shape index (κ2) is 6.35. The molecular weight excluding hydrogens is 206 g/mol. The van der Waals surface area contributed by atoms with Gasteiger partial charge in [-0.05, 0) is 36.6 Å². The van der Waals surface area contributed by atoms with Gasteiger partial charge < -0.3 is 20.6 Å². The summed E-state index contributed by atoms with van der Waals surface area (Å²) in [5.41, 5.74) is 0.923. The van der Waals surface area contributed by atoms with Crippen LogP contribution in [0, 0.1) is 5.92 Å². The fraction of sp³-hybridized carbons (Fsp3) is 0.500. The minimum Gasteiger partial charge on any atom is -0.504 e. The first-order valence-corrected chi connectivity index (χ1v) is 5.46. The number of phenols is 2. The number of hydrogen-bond acceptors (Lipinski definition) is 4. The van der Waals surface area contributed by atoms with Crippen LogP contribution in [0.2, 0.25) is 0 Å². The van der Waals surface area contributed by atoms with Crippen molar-refractivity contribution in [2.75, 3.05) is 13.2 Å². The van der Waals surface area contributed by atoms with E-state index in [9.17, 15) is 5.11 Å². The third-order valence-electron chi connectivity index (χ3n) is 2.48. The SMILES string of the molecule is CC(CCO)CNCc1ccc(O)c(O)c1. The number of phenolic OH excluding ortho intramolecular Hbond substituents is 2. The molecule has 0 saturated heterocycles. The van der Waals surface area contributed by atoms with Crippen LogP contribution in [-0.2, 0) is 6.54 Å². The normalized spacial score (nSPS) is 12.6. The van der Waals surface area contributed by atoms with Crippen LogP contribution in [0.3, 0.4) is 0 Å². The molecule has 0 aromatic heterocycles. The smallest absolute Gasteiger partial charge is 0.157 e. The highest BCUT2D eigenvalue weighted by molar-refractivity contribution is 5.40. The van der Waals surface area contributed by atoms with Crippen LogP contribution >= 0.6 is 0 Å². The molecule has 1 unspecified atom stereocenters. The fourth-order valence-corrected chi connectivity index (χ4v) is 1.46. The third kappa shape index (κ3) is 4.08. The van der Waals surface area contributed by atoms with Gasteiger partial charge in [0.15, 0.2) is 11.5 Å². The molecule has 0 amide bonds. The lowest BCUT2D eigenvalue weighted by Gasteiger charge is -2.11. The van der Waals surface area contributed by atoms with Crippen LogP contribution in [0.25, 0.3) is 0 Å². The summed E-state index contributed by atoms with van der Waals surface area (Å²) in [6.07, 6.45) is 0.786. The monoisotopic (exact) mass is 225 g/mol. The Bertz CT molecular complexity index is 328. The molecule has 4 nitrogen and oxygen atoms in total. The molecule has 0 radical (unpaired) electrons. The molecule has 4 N–H and O–H groups in total. The first-order valence-electron chi connectivity index (χ1n) is 5.46. The Hall–Kier alpha value is -1.26. The van der Waals surface area contributed by atoms with Crippen LogP contribution in [0.5, 0.6) is 11.5 Å². The maximum atomic E-state index is 9.28. The van der Waals surface area contributed by atoms with Crippen molar-refractivity contribution in [2.45, 2.75) is 19.9 Å². The number of aliphatic hydroxyl groups is 1. The first-order chi connectivity index (χ1) is 7.63. The van der Waals surface area contributed by atoms with Gasteiger partial charge in [-0.15, -0.1) is 0 Å². The van der Waals surface area contributed by atoms with Crippen molar-refractivity contribution in [3.63, 3.8) is 0 Å². The van der Waals surface area contributed by atoms with Gasteiger partial charge in [-0.3, -0.25) is 0 Å². The topological polar surface area (TPSA) is 72.7 Å². The van der Waals surface area contributed by atoms with Gasteiger partial charge in [0.2, 0.25) is 0 Å². The summed E-state index contributed by atoms with van der Waals surface area (Å²) >= 11 is 0. The Labute approximate surface area is 95.6 Å². The van der Waals surface area contributed by atoms with E-state index in [1.807, 2.05) is 0 Å². The van der Waals surface area contributed by atoms with Gasteiger partial charge in [-0.25, -0.2) is 0 Å². The summed E-state index contributed by atoms with van der Waals surface area (Å²) in [6.45, 7) is 3.74. The highest BCUT2D eigenvalue weighted by Crippen LogP contribution is 2.24. The predicted octanol–water partition coefficient (Wildman–Crippen LogP) is 1.21. The Kier molecular flexibility index (Phi) is 5.08. The van der Waals surface area contributed by atoms with E-state index < -0.39 is 0 Å². The molecule has 0 aliphatic rings. The van der Waals surface area contributed by atoms with Crippen LogP contribution in [0.1, 0.15) is 18.9 Å². The molecule has 1 aromatic carbocycles. The summed E-state index contributed by atoms with van der Waals surface area (Å²) in [5.74, 6) is 0.232. The summed E-state index contributed by atoms with van der Waals surface area (Å²) in [7, 11) is 0. The second-order valence-corrected chi connectivity index (χ2v) is 4.07. The summed E-state index contributed by atoms with van der Waals surface area (Å²) in [6, 6.07) is 4.78. The minimum atomic E-state index is -0.0996. The van der Waals surface area contributed by atoms with Gasteiger partial charge in [-0.2, -0.15) is 0 Å². The maximum absolute atomic E-state index is 9.28. The van der Waals surface area contributed by atoms with E-state index in [4.69, 9.17) is 10.2 Å². The standard InChI is InChI=1S/C12H19NO3/c1-9(4-5-14)7-13-8-10-2-3-11(15)12(16)6-10/h2-3,6,9,13-16H,4-5,7-8H2,1H3. The third-order valence-corrected chi connectivity index (χ3v) is 2.48. The lowest BCUT2D eigenvalue weighted by molar-refractivity contribution is 0.260. The Balaban J connectivity index is 2.34. The average molecular weight is 225 g/mol. The summed E-state index contributed by atoms with van der Waals surface area (Å²) in [5, 5.41) is 30.4. The van der Waals surface area contributed by atoms with Gasteiger partial charge in [-0.1, -0.05) is 13.0 Å². The summed E-state index contributed by atoms with van der Waals surface area (Å²) in [4.78, 5) is 0. The predicted molar refractivity (Wildman–Crippen MR) is 62.3 cm³/mol. The lowest BCUT2D eigenvalue weighted by Crippen LogP contribution is -2.21. The van der Waals surface area contributed by atoms with Crippen molar-refractivity contribution in [3.8, 4) is 11.5 Å². The number of benzene rings is 1. The molecule has 1 atom stereocenters. The fourth-order valence-electron chi connectivity index (χ4n) is 1.46. The Morgan fingerprint density at radius 3 is 2.62 bits per heavy atom. The molecule has 0 fully saturated rings. The van der Waals surface area contributed by atoms with E-state index in [2.05, 4.69) is 12.2 Å². The summed E-state index contributed by atoms with van der Waals surface area (Å²) < 4.78 is 0. The highest BCUT2D eigenvalue weighted by atomic mass is 16.3. The zero-order chi connectivity index (χ0) is 12.0. The molecule has 0 saturated carbocycles. The second-order valence-electron chi connectivity index (χ2n) is 4.07. The largest absolute Gasteiger partial charge is 0.504 e. The molecule has 0 bridgehead atoms. The van der Waals surface area contributed by atoms with Crippen molar-refractivity contribution in [3.05, 3.63) is 23.8 Å². The maximum Gasteiger partial charge on any atom is 0.157 e. The van der Waals surface area contributed by atoms with Crippen LogP contribution in [-0.4, -0.2) is 28.5 Å². The van der Waals surface area contributed by atoms with Gasteiger partial charge >= 0.3 is 0 Å². The average Bonchev–Trinajstić information content (AvgIpc) is 2.24. The van der Waals surface area contributed by atoms with Crippen molar-refractivity contribution in [1.29, 1.82) is 0 Å². The van der Waals surface area contributed by atoms with Gasteiger partial charge in [0.05, 0.1) is 0 Å². The van der Waals surface area contributed by atoms with Crippen LogP contribution in [0.4, 0.5) is 0 Å². The van der Waals surface area contributed by atoms with E-state index in [1.54, 1.807) is 12.1 Å². The minimum absolute atomic E-state index is 0.0947. The molecule has 0 aliphatic heterocycles. The van der Waals surface area contributed by atoms with E-state index in [-0.39, 0.29) is 18.1 Å². The van der Waals surface area contributed by atoms with E-state index in [0.717, 1.165) is 18.5 Å². The lowest BCUT2D eigenvalue weighted by atomic mass is 10.1.